The zero-order chi connectivity index (χ0) is 39.0. The van der Waals surface area contributed by atoms with Gasteiger partial charge in [-0.3, -0.25) is 0 Å². The number of allylic oxidation sites excluding steroid dienone is 1. The van der Waals surface area contributed by atoms with Crippen molar-refractivity contribution in [2.45, 2.75) is 64.2 Å². The van der Waals surface area contributed by atoms with Crippen LogP contribution in [-0.2, 0) is 5.41 Å². The molecule has 284 valence electrons. The third kappa shape index (κ3) is 5.38. The molecular weight excluding hydrogens is 703 g/mol. The Morgan fingerprint density at radius 2 is 1.12 bits per heavy atom. The van der Waals surface area contributed by atoms with Crippen molar-refractivity contribution < 1.29 is 4.42 Å². The van der Waals surface area contributed by atoms with Crippen molar-refractivity contribution in [3.63, 3.8) is 0 Å². The van der Waals surface area contributed by atoms with Crippen molar-refractivity contribution in [3.8, 4) is 33.4 Å². The Morgan fingerprint density at radius 1 is 0.534 bits per heavy atom. The molecular formula is C56H49NO. The summed E-state index contributed by atoms with van der Waals surface area (Å²) in [4.78, 5) is 2.55. The van der Waals surface area contributed by atoms with E-state index in [-0.39, 0.29) is 5.41 Å². The second-order valence-corrected chi connectivity index (χ2v) is 17.5. The number of benzene rings is 7. The van der Waals surface area contributed by atoms with Crippen molar-refractivity contribution in [3.05, 3.63) is 180 Å². The van der Waals surface area contributed by atoms with Gasteiger partial charge in [-0.1, -0.05) is 174 Å². The molecule has 2 unspecified atom stereocenters. The van der Waals surface area contributed by atoms with Crippen molar-refractivity contribution in [2.75, 3.05) is 4.90 Å². The minimum atomic E-state index is -0.0999. The SMILES string of the molecule is CC1C=Cc2cccc(-c3ccccc3N(c3ccccc3-c3cccc4c3-c3ccccc3C4(C)C)c3cccc4oc5ccccc5c34)c2C1C1CCCCC1. The predicted molar refractivity (Wildman–Crippen MR) is 244 cm³/mol. The van der Waals surface area contributed by atoms with E-state index in [0.717, 1.165) is 33.3 Å². The van der Waals surface area contributed by atoms with Crippen molar-refractivity contribution in [2.24, 2.45) is 11.8 Å². The van der Waals surface area contributed by atoms with Gasteiger partial charge in [0.2, 0.25) is 0 Å². The maximum atomic E-state index is 6.60. The van der Waals surface area contributed by atoms with Crippen LogP contribution in [0.3, 0.4) is 0 Å². The maximum absolute atomic E-state index is 6.60. The van der Waals surface area contributed by atoms with Gasteiger partial charge < -0.3 is 9.32 Å². The van der Waals surface area contributed by atoms with Crippen molar-refractivity contribution >= 4 is 45.1 Å². The van der Waals surface area contributed by atoms with Gasteiger partial charge in [-0.2, -0.15) is 0 Å². The van der Waals surface area contributed by atoms with E-state index in [1.54, 1.807) is 0 Å². The zero-order valence-electron chi connectivity index (χ0n) is 33.7. The number of anilines is 3. The third-order valence-corrected chi connectivity index (χ3v) is 13.9. The summed E-state index contributed by atoms with van der Waals surface area (Å²) in [5.74, 6) is 1.66. The fourth-order valence-corrected chi connectivity index (χ4v) is 11.2. The monoisotopic (exact) mass is 751 g/mol. The fraction of sp³-hybridized carbons (Fsp3) is 0.214. The molecule has 2 heteroatoms. The molecule has 1 heterocycles. The minimum Gasteiger partial charge on any atom is -0.456 e. The van der Waals surface area contributed by atoms with Crippen LogP contribution in [0.25, 0.3) is 61.4 Å². The fourth-order valence-electron chi connectivity index (χ4n) is 11.2. The second-order valence-electron chi connectivity index (χ2n) is 17.5. The number of para-hydroxylation sites is 3. The topological polar surface area (TPSA) is 16.4 Å². The number of rotatable bonds is 6. The summed E-state index contributed by atoms with van der Waals surface area (Å²) in [5, 5.41) is 2.25. The van der Waals surface area contributed by atoms with E-state index in [4.69, 9.17) is 4.42 Å². The summed E-state index contributed by atoms with van der Waals surface area (Å²) in [5.41, 5.74) is 18.5. The van der Waals surface area contributed by atoms with E-state index >= 15 is 0 Å². The molecule has 0 saturated heterocycles. The van der Waals surface area contributed by atoms with E-state index < -0.39 is 0 Å². The smallest absolute Gasteiger partial charge is 0.137 e. The van der Waals surface area contributed by atoms with Crippen LogP contribution in [-0.4, -0.2) is 0 Å². The normalized spacial score (nSPS) is 18.3. The largest absolute Gasteiger partial charge is 0.456 e. The molecule has 3 aliphatic carbocycles. The molecule has 0 radical (unpaired) electrons. The average Bonchev–Trinajstić information content (AvgIpc) is 3.77. The lowest BCUT2D eigenvalue weighted by molar-refractivity contribution is 0.271. The van der Waals surface area contributed by atoms with Crippen molar-refractivity contribution in [1.29, 1.82) is 0 Å². The van der Waals surface area contributed by atoms with Crippen LogP contribution < -0.4 is 4.90 Å². The Hall–Kier alpha value is -6.12. The Kier molecular flexibility index (Phi) is 8.33. The van der Waals surface area contributed by atoms with Crippen LogP contribution in [0.15, 0.2) is 162 Å². The number of furan rings is 1. The number of nitrogens with zero attached hydrogens (tertiary/aromatic N) is 1. The molecule has 2 nitrogen and oxygen atoms in total. The van der Waals surface area contributed by atoms with Gasteiger partial charge in [0, 0.05) is 21.9 Å². The molecule has 7 aromatic carbocycles. The zero-order valence-corrected chi connectivity index (χ0v) is 33.7. The molecule has 3 aliphatic rings. The van der Waals surface area contributed by atoms with Gasteiger partial charge in [-0.25, -0.2) is 0 Å². The predicted octanol–water partition coefficient (Wildman–Crippen LogP) is 16.0. The Bertz CT molecular complexity index is 2900. The first-order chi connectivity index (χ1) is 28.5. The highest BCUT2D eigenvalue weighted by Crippen LogP contribution is 2.56. The van der Waals surface area contributed by atoms with Gasteiger partial charge in [-0.15, -0.1) is 0 Å². The van der Waals surface area contributed by atoms with Crippen LogP contribution in [0.2, 0.25) is 0 Å². The molecule has 0 spiro atoms. The van der Waals surface area contributed by atoms with E-state index in [1.165, 1.54) is 93.4 Å². The first-order valence-electron chi connectivity index (χ1n) is 21.4. The van der Waals surface area contributed by atoms with Crippen molar-refractivity contribution in [1.82, 2.24) is 0 Å². The lowest BCUT2D eigenvalue weighted by atomic mass is 9.66. The molecule has 1 saturated carbocycles. The first-order valence-corrected chi connectivity index (χ1v) is 21.4. The third-order valence-electron chi connectivity index (χ3n) is 13.9. The summed E-state index contributed by atoms with van der Waals surface area (Å²) in [6, 6.07) is 56.3. The van der Waals surface area contributed by atoms with Gasteiger partial charge in [-0.05, 0) is 105 Å². The minimum absolute atomic E-state index is 0.0999. The molecule has 0 aliphatic heterocycles. The molecule has 0 bridgehead atoms. The first kappa shape index (κ1) is 35.1. The highest BCUT2D eigenvalue weighted by molar-refractivity contribution is 6.14. The highest BCUT2D eigenvalue weighted by Gasteiger charge is 2.38. The molecule has 1 fully saturated rings. The Labute approximate surface area is 342 Å². The number of hydrogen-bond donors (Lipinski definition) is 0. The number of fused-ring (bicyclic) bond motifs is 7. The molecule has 11 rings (SSSR count). The maximum Gasteiger partial charge on any atom is 0.137 e. The van der Waals surface area contributed by atoms with Crippen LogP contribution in [0, 0.1) is 11.8 Å². The standard InChI is InChI=1S/C56H49NO/c1-36-34-35-38-20-15-25-41(53(38)52(36)37-18-5-4-6-19-37)39-21-8-12-29-47(39)57(49-31-17-33-51-55(49)44-24-10-14-32-50(44)58-51)48-30-13-9-22-40(48)42-26-16-28-46-54(42)43-23-7-11-27-45(43)56(46,2)3/h7-17,20-37,52H,4-6,18-19H2,1-3H3. The van der Waals surface area contributed by atoms with E-state index in [0.29, 0.717) is 17.8 Å². The lowest BCUT2D eigenvalue weighted by Gasteiger charge is -2.38. The van der Waals surface area contributed by atoms with Gasteiger partial charge in [0.25, 0.3) is 0 Å². The highest BCUT2D eigenvalue weighted by atomic mass is 16.3. The Balaban J connectivity index is 1.20. The van der Waals surface area contributed by atoms with Crippen LogP contribution in [0.5, 0.6) is 0 Å². The number of hydrogen-bond acceptors (Lipinski definition) is 2. The second kappa shape index (κ2) is 13.8. The quantitative estimate of drug-likeness (QED) is 0.168. The molecule has 8 aromatic rings. The molecule has 2 atom stereocenters. The van der Waals surface area contributed by atoms with Gasteiger partial charge in [0.15, 0.2) is 0 Å². The van der Waals surface area contributed by atoms with Gasteiger partial charge >= 0.3 is 0 Å². The van der Waals surface area contributed by atoms with E-state index in [1.807, 2.05) is 0 Å². The Morgan fingerprint density at radius 3 is 1.93 bits per heavy atom. The van der Waals surface area contributed by atoms with Crippen LogP contribution in [0.1, 0.15) is 81.0 Å². The summed E-state index contributed by atoms with van der Waals surface area (Å²) in [6.45, 7) is 7.20. The van der Waals surface area contributed by atoms with Gasteiger partial charge in [0.05, 0.1) is 22.4 Å². The summed E-state index contributed by atoms with van der Waals surface area (Å²) in [7, 11) is 0. The molecule has 0 N–H and O–H groups in total. The van der Waals surface area contributed by atoms with Gasteiger partial charge in [0.1, 0.15) is 11.2 Å². The van der Waals surface area contributed by atoms with E-state index in [2.05, 4.69) is 189 Å². The lowest BCUT2D eigenvalue weighted by Crippen LogP contribution is -2.24. The summed E-state index contributed by atoms with van der Waals surface area (Å²) >= 11 is 0. The van der Waals surface area contributed by atoms with E-state index in [9.17, 15) is 0 Å². The van der Waals surface area contributed by atoms with Crippen LogP contribution >= 0.6 is 0 Å². The summed E-state index contributed by atoms with van der Waals surface area (Å²) < 4.78 is 6.60. The molecule has 1 aromatic heterocycles. The average molecular weight is 752 g/mol. The molecule has 58 heavy (non-hydrogen) atoms. The summed E-state index contributed by atoms with van der Waals surface area (Å²) in [6.07, 6.45) is 11.5. The molecule has 0 amide bonds. The van der Waals surface area contributed by atoms with Crippen LogP contribution in [0.4, 0.5) is 17.1 Å².